The Morgan fingerprint density at radius 3 is 1.38 bits per heavy atom. The molecule has 142 valence electrons. The first kappa shape index (κ1) is 23.5. The second kappa shape index (κ2) is 18.8. The van der Waals surface area contributed by atoms with Crippen molar-refractivity contribution in [3.05, 3.63) is 11.1 Å². The molecule has 0 aliphatic rings. The highest BCUT2D eigenvalue weighted by atomic mass is 35.5. The fourth-order valence-electron chi connectivity index (χ4n) is 3.01. The Morgan fingerprint density at radius 2 is 1.04 bits per heavy atom. The average Bonchev–Trinajstić information content (AvgIpc) is 2.57. The van der Waals surface area contributed by atoms with Gasteiger partial charge < -0.3 is 5.11 Å². The lowest BCUT2D eigenvalue weighted by atomic mass is 10.0. The van der Waals surface area contributed by atoms with E-state index in [1.54, 1.807) is 6.08 Å². The van der Waals surface area contributed by atoms with Crippen molar-refractivity contribution in [3.63, 3.8) is 0 Å². The molecule has 0 heterocycles. The summed E-state index contributed by atoms with van der Waals surface area (Å²) in [4.78, 5) is 10.5. The fraction of sp³-hybridized carbons (Fsp3) is 0.857. The molecule has 0 bridgehead atoms. The van der Waals surface area contributed by atoms with E-state index in [4.69, 9.17) is 16.7 Å². The highest BCUT2D eigenvalue weighted by Crippen LogP contribution is 2.14. The minimum absolute atomic E-state index is 0.0454. The first-order valence-electron chi connectivity index (χ1n) is 10.3. The summed E-state index contributed by atoms with van der Waals surface area (Å²) < 4.78 is 0. The van der Waals surface area contributed by atoms with Gasteiger partial charge in [0.25, 0.3) is 0 Å². The van der Waals surface area contributed by atoms with Crippen molar-refractivity contribution < 1.29 is 9.90 Å². The third-order valence-corrected chi connectivity index (χ3v) is 4.90. The standard InChI is InChI=1S/C21H39ClO2/c1-2-3-4-5-6-7-8-9-10-11-12-13-14-15-16-17-18-19-20(22)21(23)24/h19H,2-18H2,1H3,(H,23,24). The van der Waals surface area contributed by atoms with Gasteiger partial charge in [0.15, 0.2) is 0 Å². The first-order chi connectivity index (χ1) is 11.7. The Labute approximate surface area is 155 Å². The van der Waals surface area contributed by atoms with Gasteiger partial charge in [0, 0.05) is 0 Å². The second-order valence-corrected chi connectivity index (χ2v) is 7.36. The van der Waals surface area contributed by atoms with Crippen LogP contribution in [-0.2, 0) is 4.79 Å². The minimum Gasteiger partial charge on any atom is -0.477 e. The number of aliphatic carboxylic acids is 1. The van der Waals surface area contributed by atoms with Crippen LogP contribution < -0.4 is 0 Å². The van der Waals surface area contributed by atoms with Crippen LogP contribution in [0.25, 0.3) is 0 Å². The topological polar surface area (TPSA) is 37.3 Å². The quantitative estimate of drug-likeness (QED) is 0.200. The highest BCUT2D eigenvalue weighted by molar-refractivity contribution is 6.40. The van der Waals surface area contributed by atoms with Crippen LogP contribution in [0, 0.1) is 0 Å². The molecule has 0 saturated heterocycles. The Kier molecular flexibility index (Phi) is 18.4. The molecular formula is C21H39ClO2. The van der Waals surface area contributed by atoms with Crippen LogP contribution in [0.2, 0.25) is 0 Å². The van der Waals surface area contributed by atoms with E-state index >= 15 is 0 Å². The van der Waals surface area contributed by atoms with Crippen LogP contribution in [0.5, 0.6) is 0 Å². The number of rotatable bonds is 18. The molecule has 0 rings (SSSR count). The summed E-state index contributed by atoms with van der Waals surface area (Å²) in [6.07, 6.45) is 24.1. The van der Waals surface area contributed by atoms with Crippen LogP contribution in [0.1, 0.15) is 116 Å². The SMILES string of the molecule is CCCCCCCCCCCCCCCCCCC=C(Cl)C(=O)O. The minimum atomic E-state index is -1.02. The number of halogens is 1. The maximum atomic E-state index is 10.5. The molecule has 24 heavy (non-hydrogen) atoms. The molecule has 0 fully saturated rings. The van der Waals surface area contributed by atoms with Gasteiger partial charge in [0.1, 0.15) is 5.03 Å². The van der Waals surface area contributed by atoms with Crippen molar-refractivity contribution in [1.29, 1.82) is 0 Å². The van der Waals surface area contributed by atoms with Crippen molar-refractivity contribution in [1.82, 2.24) is 0 Å². The van der Waals surface area contributed by atoms with Gasteiger partial charge in [-0.15, -0.1) is 0 Å². The fourth-order valence-corrected chi connectivity index (χ4v) is 3.12. The summed E-state index contributed by atoms with van der Waals surface area (Å²) >= 11 is 5.55. The normalized spacial score (nSPS) is 11.8. The van der Waals surface area contributed by atoms with Crippen LogP contribution in [0.15, 0.2) is 11.1 Å². The molecule has 0 saturated carbocycles. The van der Waals surface area contributed by atoms with Gasteiger partial charge in [-0.25, -0.2) is 4.79 Å². The molecule has 0 aliphatic heterocycles. The number of hydrogen-bond donors (Lipinski definition) is 1. The van der Waals surface area contributed by atoms with Crippen LogP contribution in [0.3, 0.4) is 0 Å². The molecule has 0 atom stereocenters. The molecule has 0 amide bonds. The molecular weight excluding hydrogens is 320 g/mol. The number of hydrogen-bond acceptors (Lipinski definition) is 1. The summed E-state index contributed by atoms with van der Waals surface area (Å²) in [5, 5.41) is 8.57. The monoisotopic (exact) mass is 358 g/mol. The largest absolute Gasteiger partial charge is 0.477 e. The lowest BCUT2D eigenvalue weighted by Gasteiger charge is -2.03. The van der Waals surface area contributed by atoms with Gasteiger partial charge in [-0.05, 0) is 12.8 Å². The average molecular weight is 359 g/mol. The maximum absolute atomic E-state index is 10.5. The van der Waals surface area contributed by atoms with Crippen LogP contribution >= 0.6 is 11.6 Å². The maximum Gasteiger partial charge on any atom is 0.346 e. The van der Waals surface area contributed by atoms with Crippen LogP contribution in [-0.4, -0.2) is 11.1 Å². The Bertz CT molecular complexity index is 313. The van der Waals surface area contributed by atoms with Crippen LogP contribution in [0.4, 0.5) is 0 Å². The van der Waals surface area contributed by atoms with E-state index in [0.717, 1.165) is 12.8 Å². The van der Waals surface area contributed by atoms with E-state index in [2.05, 4.69) is 6.92 Å². The third-order valence-electron chi connectivity index (χ3n) is 4.59. The van der Waals surface area contributed by atoms with Crippen molar-refractivity contribution in [2.75, 3.05) is 0 Å². The first-order valence-corrected chi connectivity index (χ1v) is 10.6. The molecule has 0 aliphatic carbocycles. The number of carboxylic acids is 1. The molecule has 0 aromatic rings. The molecule has 0 aromatic carbocycles. The molecule has 1 N–H and O–H groups in total. The van der Waals surface area contributed by atoms with Gasteiger partial charge in [0.2, 0.25) is 0 Å². The molecule has 2 nitrogen and oxygen atoms in total. The zero-order chi connectivity index (χ0) is 17.9. The molecule has 3 heteroatoms. The van der Waals surface area contributed by atoms with Gasteiger partial charge in [-0.2, -0.15) is 0 Å². The van der Waals surface area contributed by atoms with E-state index in [-0.39, 0.29) is 5.03 Å². The zero-order valence-corrected chi connectivity index (χ0v) is 16.6. The zero-order valence-electron chi connectivity index (χ0n) is 15.8. The van der Waals surface area contributed by atoms with Gasteiger partial charge >= 0.3 is 5.97 Å². The molecule has 0 radical (unpaired) electrons. The second-order valence-electron chi connectivity index (χ2n) is 6.95. The predicted molar refractivity (Wildman–Crippen MR) is 106 cm³/mol. The van der Waals surface area contributed by atoms with E-state index in [0.29, 0.717) is 0 Å². The Hall–Kier alpha value is -0.500. The molecule has 0 unspecified atom stereocenters. The summed E-state index contributed by atoms with van der Waals surface area (Å²) in [5.74, 6) is -1.02. The summed E-state index contributed by atoms with van der Waals surface area (Å²) in [7, 11) is 0. The predicted octanol–water partition coefficient (Wildman–Crippen LogP) is 7.85. The summed E-state index contributed by atoms with van der Waals surface area (Å²) in [6, 6.07) is 0. The highest BCUT2D eigenvalue weighted by Gasteiger charge is 2.00. The van der Waals surface area contributed by atoms with Gasteiger partial charge in [-0.3, -0.25) is 0 Å². The van der Waals surface area contributed by atoms with E-state index < -0.39 is 5.97 Å². The number of allylic oxidation sites excluding steroid dienone is 1. The van der Waals surface area contributed by atoms with Crippen molar-refractivity contribution in [3.8, 4) is 0 Å². The van der Waals surface area contributed by atoms with Gasteiger partial charge in [0.05, 0.1) is 0 Å². The number of carboxylic acid groups (broad SMARTS) is 1. The Balaban J connectivity index is 3.10. The number of unbranched alkanes of at least 4 members (excludes halogenated alkanes) is 16. The smallest absolute Gasteiger partial charge is 0.346 e. The Morgan fingerprint density at radius 1 is 0.708 bits per heavy atom. The van der Waals surface area contributed by atoms with E-state index in [9.17, 15) is 4.79 Å². The van der Waals surface area contributed by atoms with E-state index in [1.807, 2.05) is 0 Å². The van der Waals surface area contributed by atoms with Crippen molar-refractivity contribution >= 4 is 17.6 Å². The van der Waals surface area contributed by atoms with E-state index in [1.165, 1.54) is 96.3 Å². The van der Waals surface area contributed by atoms with Crippen molar-refractivity contribution in [2.45, 2.75) is 116 Å². The molecule has 0 spiro atoms. The molecule has 0 aromatic heterocycles. The van der Waals surface area contributed by atoms with Crippen molar-refractivity contribution in [2.24, 2.45) is 0 Å². The summed E-state index contributed by atoms with van der Waals surface area (Å²) in [5.41, 5.74) is 0. The third kappa shape index (κ3) is 17.8. The number of carbonyl (C=O) groups is 1. The lowest BCUT2D eigenvalue weighted by molar-refractivity contribution is -0.131. The lowest BCUT2D eigenvalue weighted by Crippen LogP contribution is -1.93. The van der Waals surface area contributed by atoms with Gasteiger partial charge in [-0.1, -0.05) is 121 Å². The summed E-state index contributed by atoms with van der Waals surface area (Å²) in [6.45, 7) is 2.27.